The van der Waals surface area contributed by atoms with Crippen molar-refractivity contribution in [2.45, 2.75) is 24.8 Å². The highest BCUT2D eigenvalue weighted by Crippen LogP contribution is 2.45. The van der Waals surface area contributed by atoms with E-state index in [9.17, 15) is 14.0 Å². The SMILES string of the molecule is O=CNCCCNC(=O)NC1(c2ccc(F)cc2)CC1. The van der Waals surface area contributed by atoms with Crippen LogP contribution in [-0.4, -0.2) is 25.5 Å². The Balaban J connectivity index is 1.79. The summed E-state index contributed by atoms with van der Waals surface area (Å²) in [5.41, 5.74) is 0.579. The lowest BCUT2D eigenvalue weighted by atomic mass is 10.1. The minimum absolute atomic E-state index is 0.238. The van der Waals surface area contributed by atoms with Gasteiger partial charge in [-0.3, -0.25) is 4.79 Å². The van der Waals surface area contributed by atoms with Crippen molar-refractivity contribution in [1.29, 1.82) is 0 Å². The van der Waals surface area contributed by atoms with Crippen LogP contribution in [0.4, 0.5) is 9.18 Å². The van der Waals surface area contributed by atoms with E-state index in [1.54, 1.807) is 12.1 Å². The fourth-order valence-electron chi connectivity index (χ4n) is 2.09. The highest BCUT2D eigenvalue weighted by molar-refractivity contribution is 5.75. The molecular weight excluding hydrogens is 261 g/mol. The van der Waals surface area contributed by atoms with E-state index >= 15 is 0 Å². The molecule has 3 amide bonds. The predicted octanol–water partition coefficient (Wildman–Crippen LogP) is 1.25. The average Bonchev–Trinajstić information content (AvgIpc) is 3.20. The molecule has 1 fully saturated rings. The van der Waals surface area contributed by atoms with Crippen molar-refractivity contribution in [2.75, 3.05) is 13.1 Å². The topological polar surface area (TPSA) is 70.2 Å². The smallest absolute Gasteiger partial charge is 0.315 e. The Labute approximate surface area is 116 Å². The molecule has 2 rings (SSSR count). The number of hydrogen-bond acceptors (Lipinski definition) is 2. The molecule has 0 heterocycles. The van der Waals surface area contributed by atoms with Crippen LogP contribution in [0.3, 0.4) is 0 Å². The van der Waals surface area contributed by atoms with Gasteiger partial charge in [-0.25, -0.2) is 9.18 Å². The standard InChI is InChI=1S/C14H18FN3O2/c15-12-4-2-11(3-5-12)14(6-7-14)18-13(20)17-9-1-8-16-10-19/h2-5,10H,1,6-9H2,(H,16,19)(H2,17,18,20). The molecule has 1 aromatic rings. The third-order valence-electron chi connectivity index (χ3n) is 3.37. The minimum Gasteiger partial charge on any atom is -0.359 e. The van der Waals surface area contributed by atoms with Crippen molar-refractivity contribution >= 4 is 12.4 Å². The third kappa shape index (κ3) is 3.69. The first-order valence-electron chi connectivity index (χ1n) is 6.65. The largest absolute Gasteiger partial charge is 0.359 e. The number of rotatable bonds is 7. The summed E-state index contributed by atoms with van der Waals surface area (Å²) >= 11 is 0. The van der Waals surface area contributed by atoms with Gasteiger partial charge < -0.3 is 16.0 Å². The summed E-state index contributed by atoms with van der Waals surface area (Å²) in [5, 5.41) is 8.20. The van der Waals surface area contributed by atoms with Gasteiger partial charge in [0.15, 0.2) is 0 Å². The predicted molar refractivity (Wildman–Crippen MR) is 72.5 cm³/mol. The molecule has 108 valence electrons. The lowest BCUT2D eigenvalue weighted by molar-refractivity contribution is -0.109. The van der Waals surface area contributed by atoms with E-state index in [0.717, 1.165) is 18.4 Å². The Morgan fingerprint density at radius 3 is 2.55 bits per heavy atom. The molecule has 1 aliphatic carbocycles. The van der Waals surface area contributed by atoms with Gasteiger partial charge in [-0.15, -0.1) is 0 Å². The highest BCUT2D eigenvalue weighted by atomic mass is 19.1. The molecule has 0 aromatic heterocycles. The van der Waals surface area contributed by atoms with E-state index in [1.807, 2.05) is 0 Å². The van der Waals surface area contributed by atoms with E-state index < -0.39 is 0 Å². The first-order valence-corrected chi connectivity index (χ1v) is 6.65. The van der Waals surface area contributed by atoms with Gasteiger partial charge in [0, 0.05) is 13.1 Å². The number of carbonyl (C=O) groups excluding carboxylic acids is 2. The van der Waals surface area contributed by atoms with E-state index in [2.05, 4.69) is 16.0 Å². The van der Waals surface area contributed by atoms with Crippen molar-refractivity contribution in [3.8, 4) is 0 Å². The molecule has 0 saturated heterocycles. The van der Waals surface area contributed by atoms with Crippen molar-refractivity contribution in [1.82, 2.24) is 16.0 Å². The summed E-state index contributed by atoms with van der Waals surface area (Å²) in [5.74, 6) is -0.281. The Hall–Kier alpha value is -2.11. The summed E-state index contributed by atoms with van der Waals surface area (Å²) in [6.07, 6.45) is 3.03. The van der Waals surface area contributed by atoms with Gasteiger partial charge in [0.05, 0.1) is 5.54 Å². The highest BCUT2D eigenvalue weighted by Gasteiger charge is 2.45. The van der Waals surface area contributed by atoms with E-state index in [0.29, 0.717) is 25.9 Å². The molecule has 20 heavy (non-hydrogen) atoms. The van der Waals surface area contributed by atoms with Crippen LogP contribution in [0.15, 0.2) is 24.3 Å². The zero-order valence-corrected chi connectivity index (χ0v) is 11.1. The molecule has 5 nitrogen and oxygen atoms in total. The summed E-state index contributed by atoms with van der Waals surface area (Å²) in [7, 11) is 0. The number of hydrogen-bond donors (Lipinski definition) is 3. The average molecular weight is 279 g/mol. The second kappa shape index (κ2) is 6.36. The fraction of sp³-hybridized carbons (Fsp3) is 0.429. The van der Waals surface area contributed by atoms with Crippen LogP contribution in [0.5, 0.6) is 0 Å². The maximum absolute atomic E-state index is 12.9. The zero-order chi connectivity index (χ0) is 14.4. The lowest BCUT2D eigenvalue weighted by Gasteiger charge is -2.18. The maximum Gasteiger partial charge on any atom is 0.315 e. The van der Waals surface area contributed by atoms with E-state index in [4.69, 9.17) is 0 Å². The first-order chi connectivity index (χ1) is 9.66. The van der Waals surface area contributed by atoms with Crippen LogP contribution in [0.25, 0.3) is 0 Å². The molecule has 0 radical (unpaired) electrons. The van der Waals surface area contributed by atoms with Crippen LogP contribution >= 0.6 is 0 Å². The second-order valence-corrected chi connectivity index (χ2v) is 4.90. The molecule has 1 aliphatic rings. The zero-order valence-electron chi connectivity index (χ0n) is 11.1. The van der Waals surface area contributed by atoms with Gasteiger partial charge in [0.25, 0.3) is 0 Å². The first kappa shape index (κ1) is 14.3. The van der Waals surface area contributed by atoms with Crippen molar-refractivity contribution < 1.29 is 14.0 Å². The molecule has 0 bridgehead atoms. The summed E-state index contributed by atoms with van der Waals surface area (Å²) in [4.78, 5) is 21.8. The number of nitrogens with one attached hydrogen (secondary N) is 3. The Morgan fingerprint density at radius 1 is 1.25 bits per heavy atom. The van der Waals surface area contributed by atoms with E-state index in [1.165, 1.54) is 12.1 Å². The molecule has 0 aliphatic heterocycles. The van der Waals surface area contributed by atoms with Crippen LogP contribution in [0.2, 0.25) is 0 Å². The Morgan fingerprint density at radius 2 is 1.95 bits per heavy atom. The third-order valence-corrected chi connectivity index (χ3v) is 3.37. The van der Waals surface area contributed by atoms with Gasteiger partial charge >= 0.3 is 6.03 Å². The van der Waals surface area contributed by atoms with Crippen molar-refractivity contribution in [2.24, 2.45) is 0 Å². The number of benzene rings is 1. The normalized spacial score (nSPS) is 15.2. The fourth-order valence-corrected chi connectivity index (χ4v) is 2.09. The molecule has 0 unspecified atom stereocenters. The maximum atomic E-state index is 12.9. The lowest BCUT2D eigenvalue weighted by Crippen LogP contribution is -2.42. The van der Waals surface area contributed by atoms with E-state index in [-0.39, 0.29) is 17.4 Å². The molecule has 3 N–H and O–H groups in total. The number of amides is 3. The molecule has 0 spiro atoms. The summed E-state index contributed by atoms with van der Waals surface area (Å²) in [6.45, 7) is 1.03. The Kier molecular flexibility index (Phi) is 4.55. The second-order valence-electron chi connectivity index (χ2n) is 4.90. The van der Waals surface area contributed by atoms with Gasteiger partial charge in [-0.2, -0.15) is 0 Å². The van der Waals surface area contributed by atoms with Gasteiger partial charge in [0.1, 0.15) is 5.82 Å². The molecule has 0 atom stereocenters. The minimum atomic E-state index is -0.348. The van der Waals surface area contributed by atoms with Crippen LogP contribution in [0.1, 0.15) is 24.8 Å². The molecular formula is C14H18FN3O2. The van der Waals surface area contributed by atoms with Crippen LogP contribution < -0.4 is 16.0 Å². The van der Waals surface area contributed by atoms with Gasteiger partial charge in [-0.1, -0.05) is 12.1 Å². The quantitative estimate of drug-likeness (QED) is 0.519. The molecule has 1 aromatic carbocycles. The van der Waals surface area contributed by atoms with Crippen molar-refractivity contribution in [3.63, 3.8) is 0 Å². The summed E-state index contributed by atoms with van der Waals surface area (Å²) in [6, 6.07) is 5.98. The van der Waals surface area contributed by atoms with Gasteiger partial charge in [-0.05, 0) is 37.0 Å². The number of carbonyl (C=O) groups is 2. The van der Waals surface area contributed by atoms with Crippen LogP contribution in [-0.2, 0) is 10.3 Å². The monoisotopic (exact) mass is 279 g/mol. The summed E-state index contributed by atoms with van der Waals surface area (Å²) < 4.78 is 12.9. The molecule has 1 saturated carbocycles. The van der Waals surface area contributed by atoms with Crippen LogP contribution in [0, 0.1) is 5.82 Å². The van der Waals surface area contributed by atoms with Crippen molar-refractivity contribution in [3.05, 3.63) is 35.6 Å². The van der Waals surface area contributed by atoms with Gasteiger partial charge in [0.2, 0.25) is 6.41 Å². The Bertz CT molecular complexity index is 472. The molecule has 6 heteroatoms. The number of halogens is 1. The number of urea groups is 1.